The third kappa shape index (κ3) is 8.50. The Balaban J connectivity index is 2.24. The summed E-state index contributed by atoms with van der Waals surface area (Å²) in [4.78, 5) is 74.4. The molecule has 2 heterocycles. The number of hydrogen-bond donors (Lipinski definition) is 8. The summed E-state index contributed by atoms with van der Waals surface area (Å²) in [5.41, 5.74) is 6.58. The van der Waals surface area contributed by atoms with Gasteiger partial charge in [0.15, 0.2) is 0 Å². The average molecular weight is 507 g/mol. The Morgan fingerprint density at radius 1 is 0.861 bits per heavy atom. The number of rotatable bonds is 14. The van der Waals surface area contributed by atoms with Crippen LogP contribution < -0.4 is 21.7 Å². The minimum absolute atomic E-state index is 0.0503. The van der Waals surface area contributed by atoms with E-state index in [2.05, 4.69) is 35.9 Å². The molecule has 196 valence electrons. The molecule has 0 spiro atoms. The van der Waals surface area contributed by atoms with E-state index in [0.717, 1.165) is 0 Å². The summed E-state index contributed by atoms with van der Waals surface area (Å²) in [6.45, 7) is 3.25. The third-order valence-corrected chi connectivity index (χ3v) is 5.19. The van der Waals surface area contributed by atoms with Gasteiger partial charge in [0.2, 0.25) is 17.7 Å². The van der Waals surface area contributed by atoms with Crippen molar-refractivity contribution in [3.05, 3.63) is 36.4 Å². The number of carboxylic acids is 2. The lowest BCUT2D eigenvalue weighted by Gasteiger charge is -2.25. The van der Waals surface area contributed by atoms with E-state index in [1.54, 1.807) is 13.8 Å². The Morgan fingerprint density at radius 2 is 1.33 bits per heavy atom. The number of nitrogens with zero attached hydrogens (tertiary/aromatic N) is 2. The Hall–Kier alpha value is -4.27. The van der Waals surface area contributed by atoms with Crippen LogP contribution in [0, 0.1) is 5.92 Å². The van der Waals surface area contributed by atoms with Gasteiger partial charge in [0, 0.05) is 36.6 Å². The predicted octanol–water partition coefficient (Wildman–Crippen LogP) is -2.08. The van der Waals surface area contributed by atoms with Gasteiger partial charge in [-0.3, -0.25) is 19.2 Å². The maximum Gasteiger partial charge on any atom is 0.326 e. The molecule has 2 aromatic rings. The number of nitrogens with two attached hydrogens (primary N) is 1. The van der Waals surface area contributed by atoms with Crippen molar-refractivity contribution in [2.75, 3.05) is 0 Å². The normalized spacial score (nSPS) is 14.3. The van der Waals surface area contributed by atoms with Crippen LogP contribution in [0.5, 0.6) is 0 Å². The number of carbonyl (C=O) groups is 5. The van der Waals surface area contributed by atoms with Crippen LogP contribution in [0.25, 0.3) is 0 Å². The van der Waals surface area contributed by atoms with Crippen LogP contribution in [-0.2, 0) is 36.8 Å². The number of imidazole rings is 2. The minimum atomic E-state index is -1.41. The Morgan fingerprint density at radius 3 is 1.72 bits per heavy atom. The van der Waals surface area contributed by atoms with E-state index in [9.17, 15) is 29.1 Å². The number of aromatic amines is 2. The van der Waals surface area contributed by atoms with Gasteiger partial charge in [-0.15, -0.1) is 0 Å². The van der Waals surface area contributed by atoms with Gasteiger partial charge in [-0.2, -0.15) is 0 Å². The second-order valence-corrected chi connectivity index (χ2v) is 8.46. The molecule has 15 nitrogen and oxygen atoms in total. The lowest BCUT2D eigenvalue weighted by molar-refractivity contribution is -0.143. The number of nitrogens with one attached hydrogen (secondary N) is 5. The highest BCUT2D eigenvalue weighted by molar-refractivity contribution is 5.95. The second-order valence-electron chi connectivity index (χ2n) is 8.46. The topological polar surface area (TPSA) is 245 Å². The first-order chi connectivity index (χ1) is 17.0. The molecular formula is C21H30N8O7. The van der Waals surface area contributed by atoms with Gasteiger partial charge in [-0.05, 0) is 5.92 Å². The molecular weight excluding hydrogens is 476 g/mol. The summed E-state index contributed by atoms with van der Waals surface area (Å²) in [5, 5.41) is 25.7. The van der Waals surface area contributed by atoms with Crippen LogP contribution in [0.4, 0.5) is 0 Å². The van der Waals surface area contributed by atoms with Crippen molar-refractivity contribution in [3.63, 3.8) is 0 Å². The maximum absolute atomic E-state index is 13.2. The molecule has 0 aliphatic heterocycles. The summed E-state index contributed by atoms with van der Waals surface area (Å²) >= 11 is 0. The van der Waals surface area contributed by atoms with Crippen LogP contribution in [-0.4, -0.2) is 84.0 Å². The highest BCUT2D eigenvalue weighted by Gasteiger charge is 2.32. The summed E-state index contributed by atoms with van der Waals surface area (Å²) in [5.74, 6) is -5.37. The molecule has 0 bridgehead atoms. The van der Waals surface area contributed by atoms with Gasteiger partial charge in [0.05, 0.1) is 25.1 Å². The molecule has 0 saturated carbocycles. The summed E-state index contributed by atoms with van der Waals surface area (Å²) in [6, 6.07) is -5.10. The van der Waals surface area contributed by atoms with Crippen molar-refractivity contribution < 1.29 is 34.2 Å². The fourth-order valence-electron chi connectivity index (χ4n) is 3.25. The van der Waals surface area contributed by atoms with Crippen molar-refractivity contribution in [3.8, 4) is 0 Å². The summed E-state index contributed by atoms with van der Waals surface area (Å²) < 4.78 is 0. The Kier molecular flexibility index (Phi) is 10.1. The van der Waals surface area contributed by atoms with Crippen molar-refractivity contribution in [1.82, 2.24) is 35.9 Å². The van der Waals surface area contributed by atoms with Crippen LogP contribution in [0.3, 0.4) is 0 Å². The van der Waals surface area contributed by atoms with Gasteiger partial charge < -0.3 is 41.9 Å². The first-order valence-electron chi connectivity index (χ1n) is 11.0. The van der Waals surface area contributed by atoms with E-state index < -0.39 is 66.2 Å². The van der Waals surface area contributed by atoms with Gasteiger partial charge >= 0.3 is 11.9 Å². The van der Waals surface area contributed by atoms with Gasteiger partial charge in [-0.1, -0.05) is 13.8 Å². The molecule has 15 heteroatoms. The predicted molar refractivity (Wildman–Crippen MR) is 123 cm³/mol. The lowest BCUT2D eigenvalue weighted by atomic mass is 10.0. The Labute approximate surface area is 205 Å². The third-order valence-electron chi connectivity index (χ3n) is 5.19. The first-order valence-corrected chi connectivity index (χ1v) is 11.0. The molecule has 0 aromatic carbocycles. The Bertz CT molecular complexity index is 1040. The van der Waals surface area contributed by atoms with E-state index in [4.69, 9.17) is 10.8 Å². The van der Waals surface area contributed by atoms with Crippen LogP contribution in [0.1, 0.15) is 31.7 Å². The van der Waals surface area contributed by atoms with Crippen molar-refractivity contribution >= 4 is 29.7 Å². The molecule has 9 N–H and O–H groups in total. The molecule has 4 atom stereocenters. The molecule has 36 heavy (non-hydrogen) atoms. The monoisotopic (exact) mass is 506 g/mol. The van der Waals surface area contributed by atoms with Crippen molar-refractivity contribution in [1.29, 1.82) is 0 Å². The molecule has 2 aromatic heterocycles. The van der Waals surface area contributed by atoms with Gasteiger partial charge in [-0.25, -0.2) is 14.8 Å². The SMILES string of the molecule is CC(C)C(NC(=O)C(Cc1cnc[nH]1)NC(=O)C(Cc1cnc[nH]1)NC(=O)C(N)CC(=O)O)C(=O)O. The highest BCUT2D eigenvalue weighted by Crippen LogP contribution is 2.07. The van der Waals surface area contributed by atoms with E-state index in [1.165, 1.54) is 25.0 Å². The van der Waals surface area contributed by atoms with E-state index >= 15 is 0 Å². The fraction of sp³-hybridized carbons (Fsp3) is 0.476. The molecule has 0 aliphatic carbocycles. The summed E-state index contributed by atoms with van der Waals surface area (Å²) in [7, 11) is 0. The average Bonchev–Trinajstić information content (AvgIpc) is 3.49. The molecule has 2 rings (SSSR count). The number of aromatic nitrogens is 4. The zero-order valence-electron chi connectivity index (χ0n) is 19.7. The molecule has 0 saturated heterocycles. The van der Waals surface area contributed by atoms with Gasteiger partial charge in [0.25, 0.3) is 0 Å². The smallest absolute Gasteiger partial charge is 0.326 e. The van der Waals surface area contributed by atoms with Crippen LogP contribution >= 0.6 is 0 Å². The van der Waals surface area contributed by atoms with Crippen molar-refractivity contribution in [2.45, 2.75) is 57.3 Å². The van der Waals surface area contributed by atoms with E-state index in [-0.39, 0.29) is 12.8 Å². The van der Waals surface area contributed by atoms with E-state index in [1.807, 2.05) is 0 Å². The molecule has 3 amide bonds. The molecule has 0 fully saturated rings. The number of carbonyl (C=O) groups excluding carboxylic acids is 3. The number of amides is 3. The fourth-order valence-corrected chi connectivity index (χ4v) is 3.25. The van der Waals surface area contributed by atoms with Crippen LogP contribution in [0.15, 0.2) is 25.0 Å². The molecule has 0 aliphatic rings. The number of aliphatic carboxylic acids is 2. The first kappa shape index (κ1) is 28.0. The van der Waals surface area contributed by atoms with Crippen LogP contribution in [0.2, 0.25) is 0 Å². The number of hydrogen-bond acceptors (Lipinski definition) is 8. The van der Waals surface area contributed by atoms with Crippen molar-refractivity contribution in [2.24, 2.45) is 11.7 Å². The maximum atomic E-state index is 13.2. The molecule has 0 radical (unpaired) electrons. The van der Waals surface area contributed by atoms with E-state index in [0.29, 0.717) is 11.4 Å². The standard InChI is InChI=1S/C21H30N8O7/c1-10(2)17(21(35)36)29-20(34)15(4-12-7-24-9-26-12)28-19(33)14(3-11-6-23-8-25-11)27-18(32)13(22)5-16(30)31/h6-10,13-15,17H,3-5,22H2,1-2H3,(H,23,25)(H,24,26)(H,27,32)(H,28,33)(H,29,34)(H,30,31)(H,35,36). The zero-order chi connectivity index (χ0) is 26.8. The van der Waals surface area contributed by atoms with Gasteiger partial charge in [0.1, 0.15) is 18.1 Å². The largest absolute Gasteiger partial charge is 0.481 e. The highest BCUT2D eigenvalue weighted by atomic mass is 16.4. The second kappa shape index (κ2) is 13.0. The number of H-pyrrole nitrogens is 2. The zero-order valence-corrected chi connectivity index (χ0v) is 19.7. The lowest BCUT2D eigenvalue weighted by Crippen LogP contribution is -2.58. The summed E-state index contributed by atoms with van der Waals surface area (Å²) in [6.07, 6.45) is 4.85. The molecule has 4 unspecified atom stereocenters. The minimum Gasteiger partial charge on any atom is -0.481 e. The number of carboxylic acid groups (broad SMARTS) is 2. The quantitative estimate of drug-likeness (QED) is 0.139.